The van der Waals surface area contributed by atoms with Crippen LogP contribution in [0.3, 0.4) is 0 Å². The fourth-order valence-corrected chi connectivity index (χ4v) is 6.57. The van der Waals surface area contributed by atoms with E-state index in [0.717, 1.165) is 41.5 Å². The van der Waals surface area contributed by atoms with Crippen LogP contribution in [0.25, 0.3) is 0 Å². The molecule has 3 rings (SSSR count). The highest BCUT2D eigenvalue weighted by molar-refractivity contribution is 8.23. The number of fused-ring (bicyclic) bond motifs is 1. The minimum atomic E-state index is -3.73. The minimum absolute atomic E-state index is 0.0686. The van der Waals surface area contributed by atoms with Crippen molar-refractivity contribution in [2.45, 2.75) is 43.7 Å². The Bertz CT molecular complexity index is 1080. The van der Waals surface area contributed by atoms with Crippen LogP contribution in [0.15, 0.2) is 36.4 Å². The second-order valence-corrected chi connectivity index (χ2v) is 12.5. The van der Waals surface area contributed by atoms with Crippen molar-refractivity contribution in [1.29, 1.82) is 0 Å². The van der Waals surface area contributed by atoms with Gasteiger partial charge in [-0.2, -0.15) is 10.6 Å². The maximum Gasteiger partial charge on any atom is 0.209 e. The molecule has 0 bridgehead atoms. The number of rotatable bonds is 9. The Hall–Kier alpha value is -1.60. The molecule has 2 aromatic carbocycles. The van der Waals surface area contributed by atoms with E-state index in [1.807, 2.05) is 25.1 Å². The van der Waals surface area contributed by atoms with Gasteiger partial charge in [-0.25, -0.2) is 21.9 Å². The smallest absolute Gasteiger partial charge is 0.209 e. The van der Waals surface area contributed by atoms with Gasteiger partial charge < -0.3 is 10.4 Å². The summed E-state index contributed by atoms with van der Waals surface area (Å²) in [5.74, 6) is -1.37. The Morgan fingerprint density at radius 2 is 1.79 bits per heavy atom. The summed E-state index contributed by atoms with van der Waals surface area (Å²) in [6.45, 7) is 1.93. The van der Waals surface area contributed by atoms with Crippen LogP contribution >= 0.6 is 10.6 Å². The van der Waals surface area contributed by atoms with Gasteiger partial charge in [-0.3, -0.25) is 9.11 Å². The molecule has 3 atom stereocenters. The van der Waals surface area contributed by atoms with Crippen molar-refractivity contribution < 1.29 is 31.4 Å². The summed E-state index contributed by atoms with van der Waals surface area (Å²) in [4.78, 5) is 0. The molecule has 0 amide bonds. The van der Waals surface area contributed by atoms with Crippen molar-refractivity contribution in [2.24, 2.45) is 0 Å². The Kier molecular flexibility index (Phi) is 8.15. The molecule has 5 N–H and O–H groups in total. The molecule has 7 nitrogen and oxygen atoms in total. The van der Waals surface area contributed by atoms with E-state index in [2.05, 4.69) is 10.0 Å². The van der Waals surface area contributed by atoms with Crippen LogP contribution in [0.5, 0.6) is 0 Å². The predicted octanol–water partition coefficient (Wildman–Crippen LogP) is 2.94. The number of nitrogens with one attached hydrogen (secondary N) is 2. The Labute approximate surface area is 194 Å². The second-order valence-electron chi connectivity index (χ2n) is 8.51. The fourth-order valence-electron chi connectivity index (χ4n) is 4.07. The lowest BCUT2D eigenvalue weighted by atomic mass is 9.97. The van der Waals surface area contributed by atoms with Gasteiger partial charge in [0.1, 0.15) is 11.6 Å². The van der Waals surface area contributed by atoms with Crippen LogP contribution in [-0.2, 0) is 28.6 Å². The lowest BCUT2D eigenvalue weighted by Gasteiger charge is -2.42. The maximum absolute atomic E-state index is 13.6. The first kappa shape index (κ1) is 26.0. The van der Waals surface area contributed by atoms with E-state index >= 15 is 0 Å². The van der Waals surface area contributed by atoms with Gasteiger partial charge in [0.15, 0.2) is 0 Å². The molecule has 2 aromatic rings. The van der Waals surface area contributed by atoms with E-state index in [0.29, 0.717) is 6.07 Å². The molecule has 184 valence electrons. The van der Waals surface area contributed by atoms with E-state index in [-0.39, 0.29) is 30.0 Å². The lowest BCUT2D eigenvalue weighted by molar-refractivity contribution is 0.131. The molecule has 0 aliphatic carbocycles. The monoisotopic (exact) mass is 504 g/mol. The number of sulfonamides is 1. The van der Waals surface area contributed by atoms with Gasteiger partial charge in [0.2, 0.25) is 10.0 Å². The van der Waals surface area contributed by atoms with Crippen molar-refractivity contribution in [1.82, 2.24) is 10.0 Å². The first-order valence-corrected chi connectivity index (χ1v) is 14.3. The standard InChI is InChI=1S/C22H30F2N2O5S2/c1-3-14-4-5-16-12-33(30,31)13-21(19(16)8-14)25-11-22(27)20(26-32(2,28)29)9-15-6-17(23)10-18(24)7-15/h4-8,10,20-22,25-27,30-31H,3,9,11-13H2,1-2H3/t20-,21-,22+/m0/s1. The van der Waals surface area contributed by atoms with Crippen LogP contribution < -0.4 is 10.0 Å². The van der Waals surface area contributed by atoms with Crippen molar-refractivity contribution in [3.05, 3.63) is 70.3 Å². The Morgan fingerprint density at radius 1 is 1.12 bits per heavy atom. The third-order valence-corrected chi connectivity index (χ3v) is 7.97. The van der Waals surface area contributed by atoms with Gasteiger partial charge in [-0.15, -0.1) is 0 Å². The van der Waals surface area contributed by atoms with Gasteiger partial charge in [0.05, 0.1) is 35.9 Å². The van der Waals surface area contributed by atoms with Crippen LogP contribution in [0.2, 0.25) is 0 Å². The number of hydrogen-bond donors (Lipinski definition) is 5. The molecule has 11 heteroatoms. The topological polar surface area (TPSA) is 119 Å². The zero-order chi connectivity index (χ0) is 24.4. The number of aliphatic hydroxyl groups is 1. The molecule has 1 heterocycles. The first-order valence-electron chi connectivity index (χ1n) is 10.5. The Morgan fingerprint density at radius 3 is 2.39 bits per heavy atom. The molecule has 0 saturated heterocycles. The summed E-state index contributed by atoms with van der Waals surface area (Å²) in [5, 5.41) is 13.9. The lowest BCUT2D eigenvalue weighted by Crippen LogP contribution is -2.49. The second kappa shape index (κ2) is 10.3. The molecule has 1 aliphatic heterocycles. The zero-order valence-corrected chi connectivity index (χ0v) is 20.1. The highest BCUT2D eigenvalue weighted by Crippen LogP contribution is 2.50. The largest absolute Gasteiger partial charge is 0.390 e. The molecular weight excluding hydrogens is 474 g/mol. The van der Waals surface area contributed by atoms with Crippen molar-refractivity contribution >= 4 is 20.6 Å². The molecule has 1 aliphatic rings. The highest BCUT2D eigenvalue weighted by atomic mass is 32.3. The predicted molar refractivity (Wildman–Crippen MR) is 126 cm³/mol. The number of aryl methyl sites for hydroxylation is 1. The summed E-state index contributed by atoms with van der Waals surface area (Å²) in [6, 6.07) is 7.18. The summed E-state index contributed by atoms with van der Waals surface area (Å²) in [7, 11) is -6.59. The zero-order valence-electron chi connectivity index (χ0n) is 18.5. The minimum Gasteiger partial charge on any atom is -0.390 e. The van der Waals surface area contributed by atoms with E-state index in [1.54, 1.807) is 0 Å². The molecular formula is C22H30F2N2O5S2. The van der Waals surface area contributed by atoms with Gasteiger partial charge in [-0.1, -0.05) is 25.1 Å². The molecule has 0 fully saturated rings. The number of benzene rings is 2. The van der Waals surface area contributed by atoms with Crippen molar-refractivity contribution in [3.8, 4) is 0 Å². The quantitative estimate of drug-likeness (QED) is 0.358. The van der Waals surface area contributed by atoms with Gasteiger partial charge in [-0.05, 0) is 47.2 Å². The molecule has 0 saturated carbocycles. The highest BCUT2D eigenvalue weighted by Gasteiger charge is 2.31. The van der Waals surface area contributed by atoms with Gasteiger partial charge >= 0.3 is 0 Å². The summed E-state index contributed by atoms with van der Waals surface area (Å²) < 4.78 is 73.9. The Balaban J connectivity index is 1.78. The van der Waals surface area contributed by atoms with E-state index in [1.165, 1.54) is 0 Å². The van der Waals surface area contributed by atoms with Crippen LogP contribution in [0, 0.1) is 11.6 Å². The molecule has 0 radical (unpaired) electrons. The molecule has 0 spiro atoms. The average Bonchev–Trinajstić information content (AvgIpc) is 2.68. The third kappa shape index (κ3) is 7.44. The number of aliphatic hydroxyl groups excluding tert-OH is 1. The first-order chi connectivity index (χ1) is 15.3. The van der Waals surface area contributed by atoms with Crippen LogP contribution in [-0.4, -0.2) is 53.3 Å². The summed E-state index contributed by atoms with van der Waals surface area (Å²) in [5.41, 5.74) is 3.00. The summed E-state index contributed by atoms with van der Waals surface area (Å²) in [6.07, 6.45) is 0.350. The average molecular weight is 505 g/mol. The number of halogens is 2. The SMILES string of the molecule is CCc1ccc2c(c1)[C@@H](NC[C@@H](O)[C@H](Cc1cc(F)cc(F)c1)NS(C)(=O)=O)CS(O)(O)C2. The van der Waals surface area contributed by atoms with Crippen molar-refractivity contribution in [3.63, 3.8) is 0 Å². The third-order valence-electron chi connectivity index (χ3n) is 5.60. The van der Waals surface area contributed by atoms with E-state index in [9.17, 15) is 31.4 Å². The molecule has 0 aromatic heterocycles. The maximum atomic E-state index is 13.6. The normalized spacial score (nSPS) is 20.6. The van der Waals surface area contributed by atoms with Gasteiger partial charge in [0, 0.05) is 12.6 Å². The van der Waals surface area contributed by atoms with E-state index in [4.69, 9.17) is 0 Å². The van der Waals surface area contributed by atoms with E-state index < -0.39 is 50.4 Å². The van der Waals surface area contributed by atoms with Crippen LogP contribution in [0.4, 0.5) is 8.78 Å². The van der Waals surface area contributed by atoms with Crippen molar-refractivity contribution in [2.75, 3.05) is 18.6 Å². The molecule has 33 heavy (non-hydrogen) atoms. The molecule has 0 unspecified atom stereocenters. The van der Waals surface area contributed by atoms with Gasteiger partial charge in [0.25, 0.3) is 0 Å². The van der Waals surface area contributed by atoms with Crippen LogP contribution in [0.1, 0.15) is 35.2 Å². The summed E-state index contributed by atoms with van der Waals surface area (Å²) >= 11 is 0. The number of hydrogen-bond acceptors (Lipinski definition) is 6. The fraction of sp³-hybridized carbons (Fsp3) is 0.455.